The van der Waals surface area contributed by atoms with Crippen molar-refractivity contribution in [3.63, 3.8) is 0 Å². The molecule has 1 aromatic heterocycles. The Labute approximate surface area is 146 Å². The number of hydrogen-bond acceptors (Lipinski definition) is 6. The quantitative estimate of drug-likeness (QED) is 0.630. The third kappa shape index (κ3) is 3.59. The van der Waals surface area contributed by atoms with E-state index in [2.05, 4.69) is 27.8 Å². The molecule has 0 saturated carbocycles. The van der Waals surface area contributed by atoms with E-state index in [9.17, 15) is 10.1 Å². The van der Waals surface area contributed by atoms with Crippen molar-refractivity contribution < 1.29 is 4.92 Å². The van der Waals surface area contributed by atoms with E-state index >= 15 is 0 Å². The summed E-state index contributed by atoms with van der Waals surface area (Å²) in [5, 5.41) is 20.1. The zero-order chi connectivity index (χ0) is 17.8. The van der Waals surface area contributed by atoms with Crippen LogP contribution in [0.2, 0.25) is 0 Å². The van der Waals surface area contributed by atoms with Crippen molar-refractivity contribution in [1.29, 1.82) is 5.26 Å². The third-order valence-electron chi connectivity index (χ3n) is 4.69. The molecule has 7 nitrogen and oxygen atoms in total. The molecule has 1 saturated heterocycles. The Bertz CT molecular complexity index is 795. The minimum absolute atomic E-state index is 0.105. The van der Waals surface area contributed by atoms with Gasteiger partial charge in [0.05, 0.1) is 4.92 Å². The summed E-state index contributed by atoms with van der Waals surface area (Å²) < 4.78 is 0. The Hall–Kier alpha value is -2.98. The van der Waals surface area contributed by atoms with Gasteiger partial charge < -0.3 is 4.90 Å². The van der Waals surface area contributed by atoms with E-state index in [4.69, 9.17) is 5.26 Å². The van der Waals surface area contributed by atoms with E-state index in [0.717, 1.165) is 31.9 Å². The number of nitro benzene ring substituents is 1. The number of aromatic nitrogens is 1. The number of pyridine rings is 1. The summed E-state index contributed by atoms with van der Waals surface area (Å²) >= 11 is 0. The molecule has 0 N–H and O–H groups in total. The lowest BCUT2D eigenvalue weighted by Crippen LogP contribution is -2.47. The highest BCUT2D eigenvalue weighted by molar-refractivity contribution is 5.60. The molecule has 0 bridgehead atoms. The summed E-state index contributed by atoms with van der Waals surface area (Å²) in [6.45, 7) is 5.57. The molecule has 1 aliphatic heterocycles. The van der Waals surface area contributed by atoms with Crippen LogP contribution in [0.15, 0.2) is 42.7 Å². The number of benzene rings is 1. The lowest BCUT2D eigenvalue weighted by molar-refractivity contribution is -0.385. The molecule has 7 heteroatoms. The van der Waals surface area contributed by atoms with E-state index in [1.807, 2.05) is 18.3 Å². The second-order valence-electron chi connectivity index (χ2n) is 6.06. The van der Waals surface area contributed by atoms with Crippen molar-refractivity contribution in [2.75, 3.05) is 31.1 Å². The van der Waals surface area contributed by atoms with Crippen molar-refractivity contribution >= 4 is 11.4 Å². The van der Waals surface area contributed by atoms with Crippen molar-refractivity contribution in [2.24, 2.45) is 0 Å². The molecular formula is C18H19N5O2. The Morgan fingerprint density at radius 3 is 2.64 bits per heavy atom. The first-order valence-electron chi connectivity index (χ1n) is 8.17. The highest BCUT2D eigenvalue weighted by atomic mass is 16.6. The number of hydrogen-bond donors (Lipinski definition) is 0. The number of rotatable bonds is 4. The standard InChI is InChI=1S/C18H19N5O2/c1-14(15-3-2-6-20-13-15)21-7-9-22(10-8-21)17-4-5-18(23(24)25)16(11-17)12-19/h2-6,11,13-14H,7-10H2,1H3/t14-/m1/s1. The summed E-state index contributed by atoms with van der Waals surface area (Å²) in [5.74, 6) is 0. The van der Waals surface area contributed by atoms with Crippen LogP contribution in [0.3, 0.4) is 0 Å². The summed E-state index contributed by atoms with van der Waals surface area (Å²) in [6.07, 6.45) is 3.67. The first-order valence-corrected chi connectivity index (χ1v) is 8.17. The largest absolute Gasteiger partial charge is 0.369 e. The number of nitrogens with zero attached hydrogens (tertiary/aromatic N) is 5. The van der Waals surface area contributed by atoms with Crippen LogP contribution < -0.4 is 4.90 Å². The van der Waals surface area contributed by atoms with Gasteiger partial charge in [0, 0.05) is 56.4 Å². The van der Waals surface area contributed by atoms with E-state index in [0.29, 0.717) is 6.04 Å². The Kier molecular flexibility index (Phi) is 4.91. The van der Waals surface area contributed by atoms with Gasteiger partial charge in [0.1, 0.15) is 11.6 Å². The first kappa shape index (κ1) is 16.9. The van der Waals surface area contributed by atoms with Crippen LogP contribution in [0.4, 0.5) is 11.4 Å². The predicted octanol–water partition coefficient (Wildman–Crippen LogP) is 2.74. The van der Waals surface area contributed by atoms with Crippen molar-refractivity contribution in [3.8, 4) is 6.07 Å². The molecule has 0 unspecified atom stereocenters. The molecule has 1 aromatic carbocycles. The molecule has 0 radical (unpaired) electrons. The second-order valence-corrected chi connectivity index (χ2v) is 6.06. The van der Waals surface area contributed by atoms with Crippen LogP contribution >= 0.6 is 0 Å². The molecule has 1 fully saturated rings. The molecule has 1 aliphatic rings. The first-order chi connectivity index (χ1) is 12.1. The highest BCUT2D eigenvalue weighted by Gasteiger charge is 2.23. The molecule has 0 amide bonds. The zero-order valence-electron chi connectivity index (χ0n) is 14.0. The summed E-state index contributed by atoms with van der Waals surface area (Å²) in [4.78, 5) is 19.2. The number of nitriles is 1. The molecule has 2 heterocycles. The number of anilines is 1. The Morgan fingerprint density at radius 2 is 2.04 bits per heavy atom. The number of nitro groups is 1. The molecular weight excluding hydrogens is 318 g/mol. The molecule has 2 aromatic rings. The van der Waals surface area contributed by atoms with Crippen molar-refractivity contribution in [1.82, 2.24) is 9.88 Å². The van der Waals surface area contributed by atoms with E-state index in [1.54, 1.807) is 18.3 Å². The SMILES string of the molecule is C[C@H](c1cccnc1)N1CCN(c2ccc([N+](=O)[O-])c(C#N)c2)CC1. The van der Waals surface area contributed by atoms with Crippen LogP contribution in [0.1, 0.15) is 24.1 Å². The van der Waals surface area contributed by atoms with E-state index in [1.165, 1.54) is 11.6 Å². The van der Waals surface area contributed by atoms with E-state index in [-0.39, 0.29) is 11.3 Å². The minimum Gasteiger partial charge on any atom is -0.369 e. The van der Waals surface area contributed by atoms with Gasteiger partial charge in [0.25, 0.3) is 5.69 Å². The molecule has 0 aliphatic carbocycles. The lowest BCUT2D eigenvalue weighted by atomic mass is 10.1. The Balaban J connectivity index is 1.68. The van der Waals surface area contributed by atoms with Gasteiger partial charge in [-0.1, -0.05) is 6.07 Å². The van der Waals surface area contributed by atoms with Crippen LogP contribution in [0, 0.1) is 21.4 Å². The predicted molar refractivity (Wildman–Crippen MR) is 94.2 cm³/mol. The normalized spacial score (nSPS) is 16.2. The molecule has 3 rings (SSSR count). The fraction of sp³-hybridized carbons (Fsp3) is 0.333. The molecule has 25 heavy (non-hydrogen) atoms. The maximum atomic E-state index is 10.9. The van der Waals surface area contributed by atoms with Gasteiger partial charge in [-0.3, -0.25) is 20.0 Å². The van der Waals surface area contributed by atoms with Crippen molar-refractivity contribution in [3.05, 3.63) is 64.0 Å². The number of piperazine rings is 1. The van der Waals surface area contributed by atoms with Crippen LogP contribution in [-0.4, -0.2) is 41.0 Å². The van der Waals surface area contributed by atoms with Crippen molar-refractivity contribution in [2.45, 2.75) is 13.0 Å². The lowest BCUT2D eigenvalue weighted by Gasteiger charge is -2.39. The van der Waals surface area contributed by atoms with Gasteiger partial charge >= 0.3 is 0 Å². The summed E-state index contributed by atoms with van der Waals surface area (Å²) in [7, 11) is 0. The van der Waals surface area contributed by atoms with E-state index < -0.39 is 4.92 Å². The zero-order valence-corrected chi connectivity index (χ0v) is 14.0. The summed E-state index contributed by atoms with van der Waals surface area (Å²) in [6, 6.07) is 11.0. The maximum absolute atomic E-state index is 10.9. The highest BCUT2D eigenvalue weighted by Crippen LogP contribution is 2.27. The van der Waals surface area contributed by atoms with Crippen LogP contribution in [0.5, 0.6) is 0 Å². The second kappa shape index (κ2) is 7.28. The third-order valence-corrected chi connectivity index (χ3v) is 4.69. The summed E-state index contributed by atoms with van der Waals surface area (Å²) in [5.41, 5.74) is 2.01. The Morgan fingerprint density at radius 1 is 1.28 bits per heavy atom. The van der Waals surface area contributed by atoms with Gasteiger partial charge in [-0.05, 0) is 30.7 Å². The van der Waals surface area contributed by atoms with Gasteiger partial charge in [0.2, 0.25) is 0 Å². The van der Waals surface area contributed by atoms with Gasteiger partial charge in [-0.25, -0.2) is 0 Å². The molecule has 1 atom stereocenters. The van der Waals surface area contributed by atoms with Gasteiger partial charge in [0.15, 0.2) is 0 Å². The smallest absolute Gasteiger partial charge is 0.287 e. The molecule has 128 valence electrons. The fourth-order valence-electron chi connectivity index (χ4n) is 3.17. The fourth-order valence-corrected chi connectivity index (χ4v) is 3.17. The topological polar surface area (TPSA) is 86.3 Å². The average molecular weight is 337 g/mol. The van der Waals surface area contributed by atoms with Crippen LogP contribution in [0.25, 0.3) is 0 Å². The average Bonchev–Trinajstić information content (AvgIpc) is 2.67. The van der Waals surface area contributed by atoms with Crippen LogP contribution in [-0.2, 0) is 0 Å². The minimum atomic E-state index is -0.518. The van der Waals surface area contributed by atoms with Gasteiger partial charge in [-0.2, -0.15) is 5.26 Å². The monoisotopic (exact) mass is 337 g/mol. The van der Waals surface area contributed by atoms with Gasteiger partial charge in [-0.15, -0.1) is 0 Å². The maximum Gasteiger partial charge on any atom is 0.287 e. The molecule has 0 spiro atoms.